The highest BCUT2D eigenvalue weighted by molar-refractivity contribution is 4.66. The summed E-state index contributed by atoms with van der Waals surface area (Å²) >= 11 is 0. The average molecular weight is 176 g/mol. The van der Waals surface area contributed by atoms with Crippen molar-refractivity contribution in [2.45, 2.75) is 12.2 Å². The highest BCUT2D eigenvalue weighted by Crippen LogP contribution is 2.07. The van der Waals surface area contributed by atoms with Crippen LogP contribution in [-0.4, -0.2) is 52.9 Å². The van der Waals surface area contributed by atoms with E-state index in [0.29, 0.717) is 26.4 Å². The Labute approximate surface area is 72.7 Å². The molecular weight excluding hydrogens is 160 g/mol. The van der Waals surface area contributed by atoms with Crippen LogP contribution in [0.3, 0.4) is 0 Å². The standard InChI is InChI=1S/C8H16O4/c1-9-3-7-5-12-8(4-10-2)6-11-7/h7-8H,3-6H2,1-2H3. The largest absolute Gasteiger partial charge is 0.382 e. The molecule has 1 rings (SSSR count). The number of hydrogen-bond donors (Lipinski definition) is 0. The summed E-state index contributed by atoms with van der Waals surface area (Å²) in [7, 11) is 3.31. The fourth-order valence-electron chi connectivity index (χ4n) is 1.15. The highest BCUT2D eigenvalue weighted by atomic mass is 16.6. The SMILES string of the molecule is COCC1COC(COC)CO1. The predicted octanol–water partition coefficient (Wildman–Crippen LogP) is 0.0632. The molecule has 0 bridgehead atoms. The Morgan fingerprint density at radius 1 is 1.00 bits per heavy atom. The fourth-order valence-corrected chi connectivity index (χ4v) is 1.15. The van der Waals surface area contributed by atoms with E-state index < -0.39 is 0 Å². The molecule has 1 aliphatic rings. The van der Waals surface area contributed by atoms with E-state index in [0.717, 1.165) is 0 Å². The predicted molar refractivity (Wildman–Crippen MR) is 43.2 cm³/mol. The first kappa shape index (κ1) is 9.92. The Morgan fingerprint density at radius 2 is 1.42 bits per heavy atom. The third-order valence-corrected chi connectivity index (χ3v) is 1.74. The zero-order chi connectivity index (χ0) is 8.81. The molecule has 0 aromatic carbocycles. The maximum absolute atomic E-state index is 5.45. The van der Waals surface area contributed by atoms with Crippen LogP contribution in [0.5, 0.6) is 0 Å². The van der Waals surface area contributed by atoms with Crippen LogP contribution in [0.4, 0.5) is 0 Å². The Bertz CT molecular complexity index is 95.6. The number of methoxy groups -OCH3 is 2. The molecule has 0 spiro atoms. The first-order valence-electron chi connectivity index (χ1n) is 4.08. The van der Waals surface area contributed by atoms with Crippen molar-refractivity contribution in [3.8, 4) is 0 Å². The first-order valence-corrected chi connectivity index (χ1v) is 4.08. The van der Waals surface area contributed by atoms with Gasteiger partial charge in [-0.3, -0.25) is 0 Å². The zero-order valence-corrected chi connectivity index (χ0v) is 7.62. The molecule has 72 valence electrons. The van der Waals surface area contributed by atoms with Crippen LogP contribution in [0, 0.1) is 0 Å². The van der Waals surface area contributed by atoms with E-state index in [2.05, 4.69) is 0 Å². The molecule has 0 aliphatic carbocycles. The quantitative estimate of drug-likeness (QED) is 0.607. The molecule has 2 atom stereocenters. The van der Waals surface area contributed by atoms with Gasteiger partial charge >= 0.3 is 0 Å². The maximum atomic E-state index is 5.45. The molecule has 0 N–H and O–H groups in total. The summed E-state index contributed by atoms with van der Waals surface area (Å²) in [4.78, 5) is 0. The van der Waals surface area contributed by atoms with Crippen molar-refractivity contribution in [1.29, 1.82) is 0 Å². The molecule has 0 aromatic rings. The first-order chi connectivity index (χ1) is 5.86. The molecule has 0 aromatic heterocycles. The van der Waals surface area contributed by atoms with Crippen LogP contribution < -0.4 is 0 Å². The summed E-state index contributed by atoms with van der Waals surface area (Å²) in [5.41, 5.74) is 0. The maximum Gasteiger partial charge on any atom is 0.104 e. The summed E-state index contributed by atoms with van der Waals surface area (Å²) < 4.78 is 20.8. The minimum atomic E-state index is 0.0862. The average Bonchev–Trinajstić information content (AvgIpc) is 2.09. The van der Waals surface area contributed by atoms with Gasteiger partial charge in [0.1, 0.15) is 12.2 Å². The van der Waals surface area contributed by atoms with Gasteiger partial charge in [0, 0.05) is 14.2 Å². The third-order valence-electron chi connectivity index (χ3n) is 1.74. The molecule has 1 saturated heterocycles. The lowest BCUT2D eigenvalue weighted by Crippen LogP contribution is -2.40. The van der Waals surface area contributed by atoms with Gasteiger partial charge in [-0.05, 0) is 0 Å². The topological polar surface area (TPSA) is 36.9 Å². The van der Waals surface area contributed by atoms with Crippen LogP contribution in [-0.2, 0) is 18.9 Å². The van der Waals surface area contributed by atoms with E-state index >= 15 is 0 Å². The lowest BCUT2D eigenvalue weighted by Gasteiger charge is -2.28. The molecule has 0 amide bonds. The van der Waals surface area contributed by atoms with Gasteiger partial charge < -0.3 is 18.9 Å². The Morgan fingerprint density at radius 3 is 1.67 bits per heavy atom. The highest BCUT2D eigenvalue weighted by Gasteiger charge is 2.21. The van der Waals surface area contributed by atoms with Crippen molar-refractivity contribution in [3.63, 3.8) is 0 Å². The van der Waals surface area contributed by atoms with Gasteiger partial charge in [-0.15, -0.1) is 0 Å². The van der Waals surface area contributed by atoms with Crippen LogP contribution in [0.2, 0.25) is 0 Å². The molecular formula is C8H16O4. The van der Waals surface area contributed by atoms with Gasteiger partial charge in [0.15, 0.2) is 0 Å². The van der Waals surface area contributed by atoms with Crippen molar-refractivity contribution >= 4 is 0 Å². The summed E-state index contributed by atoms with van der Waals surface area (Å²) in [6, 6.07) is 0. The minimum absolute atomic E-state index is 0.0862. The minimum Gasteiger partial charge on any atom is -0.382 e. The Balaban J connectivity index is 2.11. The van der Waals surface area contributed by atoms with E-state index in [1.807, 2.05) is 0 Å². The smallest absolute Gasteiger partial charge is 0.104 e. The monoisotopic (exact) mass is 176 g/mol. The second-order valence-corrected chi connectivity index (χ2v) is 2.82. The lowest BCUT2D eigenvalue weighted by molar-refractivity contribution is -0.161. The normalized spacial score (nSPS) is 30.5. The number of hydrogen-bond acceptors (Lipinski definition) is 4. The second kappa shape index (κ2) is 5.48. The van der Waals surface area contributed by atoms with Gasteiger partial charge in [-0.1, -0.05) is 0 Å². The van der Waals surface area contributed by atoms with Crippen molar-refractivity contribution in [2.75, 3.05) is 40.6 Å². The van der Waals surface area contributed by atoms with Gasteiger partial charge in [0.05, 0.1) is 26.4 Å². The molecule has 2 unspecified atom stereocenters. The molecule has 4 nitrogen and oxygen atoms in total. The molecule has 0 radical (unpaired) electrons. The van der Waals surface area contributed by atoms with Gasteiger partial charge in [0.25, 0.3) is 0 Å². The van der Waals surface area contributed by atoms with Crippen molar-refractivity contribution in [2.24, 2.45) is 0 Å². The number of ether oxygens (including phenoxy) is 4. The van der Waals surface area contributed by atoms with Gasteiger partial charge in [-0.2, -0.15) is 0 Å². The molecule has 1 aliphatic heterocycles. The number of rotatable bonds is 4. The van der Waals surface area contributed by atoms with Crippen molar-refractivity contribution in [1.82, 2.24) is 0 Å². The summed E-state index contributed by atoms with van der Waals surface area (Å²) in [5, 5.41) is 0. The van der Waals surface area contributed by atoms with Crippen LogP contribution in [0.15, 0.2) is 0 Å². The Hall–Kier alpha value is -0.160. The van der Waals surface area contributed by atoms with Gasteiger partial charge in [0.2, 0.25) is 0 Å². The lowest BCUT2D eigenvalue weighted by atomic mass is 10.3. The summed E-state index contributed by atoms with van der Waals surface area (Å²) in [6.07, 6.45) is 0.172. The van der Waals surface area contributed by atoms with E-state index in [9.17, 15) is 0 Å². The third kappa shape index (κ3) is 3.06. The van der Waals surface area contributed by atoms with E-state index in [1.54, 1.807) is 14.2 Å². The molecule has 4 heteroatoms. The van der Waals surface area contributed by atoms with E-state index in [1.165, 1.54) is 0 Å². The molecule has 1 heterocycles. The second-order valence-electron chi connectivity index (χ2n) is 2.82. The molecule has 1 fully saturated rings. The molecule has 12 heavy (non-hydrogen) atoms. The van der Waals surface area contributed by atoms with E-state index in [4.69, 9.17) is 18.9 Å². The summed E-state index contributed by atoms with van der Waals surface area (Å²) in [5.74, 6) is 0. The fraction of sp³-hybridized carbons (Fsp3) is 1.00. The van der Waals surface area contributed by atoms with Crippen LogP contribution in [0.25, 0.3) is 0 Å². The zero-order valence-electron chi connectivity index (χ0n) is 7.62. The van der Waals surface area contributed by atoms with Crippen molar-refractivity contribution < 1.29 is 18.9 Å². The van der Waals surface area contributed by atoms with E-state index in [-0.39, 0.29) is 12.2 Å². The van der Waals surface area contributed by atoms with Crippen molar-refractivity contribution in [3.05, 3.63) is 0 Å². The summed E-state index contributed by atoms with van der Waals surface area (Å²) in [6.45, 7) is 2.39. The van der Waals surface area contributed by atoms with Gasteiger partial charge in [-0.25, -0.2) is 0 Å². The Kier molecular flexibility index (Phi) is 4.53. The van der Waals surface area contributed by atoms with Crippen LogP contribution >= 0.6 is 0 Å². The van der Waals surface area contributed by atoms with Crippen LogP contribution in [0.1, 0.15) is 0 Å². The molecule has 0 saturated carbocycles.